The number of thiophene rings is 1. The van der Waals surface area contributed by atoms with Crippen LogP contribution in [0.15, 0.2) is 172 Å². The van der Waals surface area contributed by atoms with Crippen molar-refractivity contribution in [1.29, 1.82) is 0 Å². The highest BCUT2D eigenvalue weighted by Crippen LogP contribution is 2.41. The number of hydrogen-bond acceptors (Lipinski definition) is 4. The summed E-state index contributed by atoms with van der Waals surface area (Å²) in [6, 6.07) is 46.2. The van der Waals surface area contributed by atoms with E-state index in [9.17, 15) is 0 Å². The van der Waals surface area contributed by atoms with Gasteiger partial charge in [-0.25, -0.2) is 4.99 Å². The Bertz CT molecular complexity index is 3260. The average molecular weight is 754 g/mol. The molecule has 0 spiro atoms. The molecule has 6 heteroatoms. The fourth-order valence-corrected chi connectivity index (χ4v) is 10.3. The maximum absolute atomic E-state index is 6.64. The van der Waals surface area contributed by atoms with Crippen molar-refractivity contribution in [3.63, 3.8) is 0 Å². The normalized spacial score (nSPS) is 17.9. The number of furan rings is 1. The Morgan fingerprint density at radius 2 is 1.56 bits per heavy atom. The molecule has 1 aliphatic heterocycles. The second kappa shape index (κ2) is 13.0. The fourth-order valence-electron chi connectivity index (χ4n) is 9.23. The van der Waals surface area contributed by atoms with Gasteiger partial charge in [-0.1, -0.05) is 103 Å². The SMILES string of the molecule is C1=CCC(C2=NC(c3cccc4oc5cc(-c6ccc7sc8cc(-n9c%10c(c%11ccccc%119)C=CCC%10)ccc8c7c6)ccc5c34)[NH2+]C(c3ccccc3)=N2)C=C1. The zero-order valence-electron chi connectivity index (χ0n) is 31.1. The smallest absolute Gasteiger partial charge is 0.235 e. The Morgan fingerprint density at radius 3 is 2.49 bits per heavy atom. The summed E-state index contributed by atoms with van der Waals surface area (Å²) >= 11 is 1.87. The first kappa shape index (κ1) is 32.6. The van der Waals surface area contributed by atoms with Gasteiger partial charge in [0.15, 0.2) is 0 Å². The van der Waals surface area contributed by atoms with E-state index in [4.69, 9.17) is 14.4 Å². The second-order valence-corrected chi connectivity index (χ2v) is 16.4. The topological polar surface area (TPSA) is 59.4 Å². The lowest BCUT2D eigenvalue weighted by molar-refractivity contribution is -0.586. The van der Waals surface area contributed by atoms with Crippen LogP contribution < -0.4 is 5.32 Å². The maximum Gasteiger partial charge on any atom is 0.235 e. The van der Waals surface area contributed by atoms with Gasteiger partial charge in [-0.15, -0.1) is 11.3 Å². The Hall–Kier alpha value is -6.60. The highest BCUT2D eigenvalue weighted by molar-refractivity contribution is 7.25. The van der Waals surface area contributed by atoms with Crippen molar-refractivity contribution >= 4 is 82.1 Å². The maximum atomic E-state index is 6.64. The quantitative estimate of drug-likeness (QED) is 0.187. The van der Waals surface area contributed by atoms with Gasteiger partial charge in [0.1, 0.15) is 17.0 Å². The van der Waals surface area contributed by atoms with Crippen molar-refractivity contribution in [3.8, 4) is 16.8 Å². The number of aromatic nitrogens is 1. The van der Waals surface area contributed by atoms with Crippen LogP contribution in [0.1, 0.15) is 41.4 Å². The number of hydrogen-bond donors (Lipinski definition) is 1. The van der Waals surface area contributed by atoms with Crippen LogP contribution >= 0.6 is 11.3 Å². The van der Waals surface area contributed by atoms with Crippen molar-refractivity contribution in [2.75, 3.05) is 0 Å². The van der Waals surface area contributed by atoms with Gasteiger partial charge in [-0.3, -0.25) is 5.32 Å². The summed E-state index contributed by atoms with van der Waals surface area (Å²) in [5.41, 5.74) is 11.6. The number of quaternary nitrogens is 1. The molecule has 9 aromatic rings. The van der Waals surface area contributed by atoms with E-state index < -0.39 is 0 Å². The summed E-state index contributed by atoms with van der Waals surface area (Å²) in [5, 5.41) is 8.33. The Labute approximate surface area is 333 Å². The van der Waals surface area contributed by atoms with Gasteiger partial charge in [0.2, 0.25) is 12.0 Å². The van der Waals surface area contributed by atoms with Gasteiger partial charge >= 0.3 is 0 Å². The minimum absolute atomic E-state index is 0.148. The third-order valence-electron chi connectivity index (χ3n) is 11.9. The minimum atomic E-state index is -0.190. The molecular formula is C51H37N4OS+. The molecule has 0 saturated heterocycles. The Morgan fingerprint density at radius 1 is 0.684 bits per heavy atom. The summed E-state index contributed by atoms with van der Waals surface area (Å²) in [4.78, 5) is 10.4. The molecule has 0 bridgehead atoms. The zero-order chi connectivity index (χ0) is 37.5. The predicted octanol–water partition coefficient (Wildman–Crippen LogP) is 12.1. The molecule has 12 rings (SSSR count). The predicted molar refractivity (Wildman–Crippen MR) is 238 cm³/mol. The molecule has 2 N–H and O–H groups in total. The van der Waals surface area contributed by atoms with Crippen LogP contribution in [0.2, 0.25) is 0 Å². The Kier molecular flexibility index (Phi) is 7.43. The molecule has 2 aliphatic carbocycles. The number of rotatable bonds is 5. The first-order chi connectivity index (χ1) is 28.2. The summed E-state index contributed by atoms with van der Waals surface area (Å²) < 4.78 is 11.7. The molecule has 2 atom stereocenters. The standard InChI is InChI=1S/C51H36N4OS/c1-3-12-31(13-4-1)49-52-50(32-14-5-2-6-15-32)54-51(53-49)40-18-11-21-44-48(40)39-25-22-34(29-45(39)56-44)33-23-27-46-41(28-33)38-26-24-35(30-47(38)57-46)55-42-19-9-7-16-36(42)37-17-8-10-20-43(37)55/h1-9,11-14,16-19,21-30,32,51H,10,15,20H2,(H,52,53,54)/p+1. The monoisotopic (exact) mass is 753 g/mol. The number of nitrogens with zero attached hydrogens (tertiary/aromatic N) is 3. The number of fused-ring (bicyclic) bond motifs is 9. The van der Waals surface area contributed by atoms with Crippen molar-refractivity contribution in [1.82, 2.24) is 4.57 Å². The lowest BCUT2D eigenvalue weighted by Crippen LogP contribution is -2.90. The van der Waals surface area contributed by atoms with Crippen molar-refractivity contribution in [2.45, 2.75) is 25.4 Å². The van der Waals surface area contributed by atoms with Gasteiger partial charge in [0.05, 0.1) is 11.1 Å². The molecule has 2 unspecified atom stereocenters. The van der Waals surface area contributed by atoms with Crippen LogP contribution in [0, 0.1) is 5.92 Å². The first-order valence-corrected chi connectivity index (χ1v) is 20.7. The van der Waals surface area contributed by atoms with E-state index in [1.807, 2.05) is 17.4 Å². The molecule has 0 fully saturated rings. The molecule has 4 heterocycles. The molecule has 5 nitrogen and oxygen atoms in total. The average Bonchev–Trinajstić information content (AvgIpc) is 3.95. The molecular weight excluding hydrogens is 717 g/mol. The van der Waals surface area contributed by atoms with Gasteiger partial charge in [-0.05, 0) is 91.1 Å². The molecule has 272 valence electrons. The lowest BCUT2D eigenvalue weighted by atomic mass is 9.97. The van der Waals surface area contributed by atoms with Gasteiger partial charge in [0.25, 0.3) is 0 Å². The van der Waals surface area contributed by atoms with E-state index in [1.54, 1.807) is 0 Å². The number of aliphatic imine (C=N–C) groups is 2. The van der Waals surface area contributed by atoms with E-state index in [2.05, 4.69) is 168 Å². The van der Waals surface area contributed by atoms with E-state index in [-0.39, 0.29) is 12.1 Å². The van der Waals surface area contributed by atoms with E-state index in [0.29, 0.717) is 0 Å². The molecule has 6 aromatic carbocycles. The van der Waals surface area contributed by atoms with Crippen molar-refractivity contribution in [3.05, 3.63) is 180 Å². The van der Waals surface area contributed by atoms with Crippen LogP contribution in [0.25, 0.3) is 75.9 Å². The number of allylic oxidation sites excluding steroid dienone is 4. The van der Waals surface area contributed by atoms with Crippen molar-refractivity contribution in [2.24, 2.45) is 15.9 Å². The third kappa shape index (κ3) is 5.32. The van der Waals surface area contributed by atoms with Gasteiger partial charge in [-0.2, -0.15) is 4.99 Å². The molecule has 0 saturated carbocycles. The van der Waals surface area contributed by atoms with E-state index in [0.717, 1.165) is 69.6 Å². The van der Waals surface area contributed by atoms with Crippen LogP contribution in [-0.4, -0.2) is 16.2 Å². The molecule has 3 aliphatic rings. The number of amidine groups is 2. The molecule has 0 amide bonds. The third-order valence-corrected chi connectivity index (χ3v) is 13.1. The lowest BCUT2D eigenvalue weighted by Gasteiger charge is -2.22. The largest absolute Gasteiger partial charge is 0.456 e. The van der Waals surface area contributed by atoms with Gasteiger partial charge < -0.3 is 8.98 Å². The van der Waals surface area contributed by atoms with Crippen LogP contribution in [-0.2, 0) is 6.42 Å². The van der Waals surface area contributed by atoms with Crippen LogP contribution in [0.3, 0.4) is 0 Å². The highest BCUT2D eigenvalue weighted by Gasteiger charge is 2.30. The number of nitrogens with two attached hydrogens (primary N) is 1. The van der Waals surface area contributed by atoms with E-state index >= 15 is 0 Å². The summed E-state index contributed by atoms with van der Waals surface area (Å²) in [5.74, 6) is 1.98. The highest BCUT2D eigenvalue weighted by atomic mass is 32.1. The number of benzene rings is 6. The van der Waals surface area contributed by atoms with Crippen LogP contribution in [0.5, 0.6) is 0 Å². The zero-order valence-corrected chi connectivity index (χ0v) is 31.9. The van der Waals surface area contributed by atoms with E-state index in [1.165, 1.54) is 53.6 Å². The number of para-hydroxylation sites is 1. The summed E-state index contributed by atoms with van der Waals surface area (Å²) in [6.45, 7) is 0. The Balaban J connectivity index is 0.921. The first-order valence-electron chi connectivity index (χ1n) is 19.8. The molecule has 0 radical (unpaired) electrons. The van der Waals surface area contributed by atoms with Gasteiger partial charge in [0, 0.05) is 64.8 Å². The van der Waals surface area contributed by atoms with Crippen molar-refractivity contribution < 1.29 is 9.73 Å². The summed E-state index contributed by atoms with van der Waals surface area (Å²) in [7, 11) is 0. The fraction of sp³-hybridized carbons (Fsp3) is 0.0980. The van der Waals surface area contributed by atoms with Crippen LogP contribution in [0.4, 0.5) is 0 Å². The molecule has 57 heavy (non-hydrogen) atoms. The minimum Gasteiger partial charge on any atom is -0.456 e. The molecule has 3 aromatic heterocycles. The summed E-state index contributed by atoms with van der Waals surface area (Å²) in [6.07, 6.45) is 16.1. The second-order valence-electron chi connectivity index (χ2n) is 15.3.